The molecule has 0 aliphatic heterocycles. The van der Waals surface area contributed by atoms with Gasteiger partial charge in [0, 0.05) is 18.4 Å². The maximum absolute atomic E-state index is 11.8. The Labute approximate surface area is 209 Å². The second kappa shape index (κ2) is 8.45. The molecular formula is C31H52O3. The first-order valence-corrected chi connectivity index (χ1v) is 14.0. The predicted molar refractivity (Wildman–Crippen MR) is 140 cm³/mol. The summed E-state index contributed by atoms with van der Waals surface area (Å²) in [5, 5.41) is 22.5. The molecule has 0 amide bonds. The summed E-state index contributed by atoms with van der Waals surface area (Å²) in [6.07, 6.45) is 14.0. The Morgan fingerprint density at radius 1 is 1.03 bits per heavy atom. The van der Waals surface area contributed by atoms with E-state index < -0.39 is 6.10 Å². The number of fused-ring (bicyclic) bond motifs is 5. The molecule has 3 saturated carbocycles. The number of methoxy groups -OCH3 is 1. The van der Waals surface area contributed by atoms with Gasteiger partial charge in [0.1, 0.15) is 0 Å². The smallest absolute Gasteiger partial charge is 0.0802 e. The summed E-state index contributed by atoms with van der Waals surface area (Å²) in [5.74, 6) is 2.07. The normalized spacial score (nSPS) is 47.0. The minimum Gasteiger partial charge on any atom is -0.392 e. The van der Waals surface area contributed by atoms with Crippen molar-refractivity contribution in [1.29, 1.82) is 0 Å². The molecule has 194 valence electrons. The summed E-state index contributed by atoms with van der Waals surface area (Å²) in [4.78, 5) is 0. The summed E-state index contributed by atoms with van der Waals surface area (Å²) in [7, 11) is 1.78. The zero-order valence-electron chi connectivity index (χ0n) is 23.4. The molecule has 4 aliphatic carbocycles. The van der Waals surface area contributed by atoms with Crippen LogP contribution in [0.2, 0.25) is 0 Å². The Hall–Kier alpha value is -0.640. The monoisotopic (exact) mass is 472 g/mol. The van der Waals surface area contributed by atoms with Crippen LogP contribution < -0.4 is 0 Å². The Morgan fingerprint density at radius 3 is 2.35 bits per heavy atom. The van der Waals surface area contributed by atoms with Crippen molar-refractivity contribution < 1.29 is 14.9 Å². The molecule has 0 radical (unpaired) electrons. The van der Waals surface area contributed by atoms with E-state index in [2.05, 4.69) is 73.6 Å². The SMILES string of the molecule is COC(C)(C)/C=C/C[C@@H](C)[C@H]1CC[C@@]2(C)[C@@H]3[C@@H](O)C=C4[C@@H](CC[C@H](O)C4(C)C)[C@]3(C)CC[C@]12C. The molecule has 0 aromatic rings. The lowest BCUT2D eigenvalue weighted by Gasteiger charge is -2.66. The van der Waals surface area contributed by atoms with Gasteiger partial charge in [-0.1, -0.05) is 65.3 Å². The van der Waals surface area contributed by atoms with Crippen molar-refractivity contribution in [3.8, 4) is 0 Å². The number of hydrogen-bond acceptors (Lipinski definition) is 3. The average Bonchev–Trinajstić information content (AvgIpc) is 3.02. The van der Waals surface area contributed by atoms with Gasteiger partial charge in [-0.2, -0.15) is 0 Å². The summed E-state index contributed by atoms with van der Waals surface area (Å²) in [5.41, 5.74) is 1.37. The quantitative estimate of drug-likeness (QED) is 0.427. The van der Waals surface area contributed by atoms with E-state index in [-0.39, 0.29) is 33.4 Å². The van der Waals surface area contributed by atoms with Crippen LogP contribution >= 0.6 is 0 Å². The predicted octanol–water partition coefficient (Wildman–Crippen LogP) is 6.93. The minimum absolute atomic E-state index is 0.107. The Morgan fingerprint density at radius 2 is 1.71 bits per heavy atom. The summed E-state index contributed by atoms with van der Waals surface area (Å²) < 4.78 is 5.58. The molecule has 0 saturated heterocycles. The third kappa shape index (κ3) is 3.70. The number of ether oxygens (including phenoxy) is 1. The van der Waals surface area contributed by atoms with Gasteiger partial charge in [0.2, 0.25) is 0 Å². The van der Waals surface area contributed by atoms with Crippen molar-refractivity contribution in [3.63, 3.8) is 0 Å². The first kappa shape index (κ1) is 26.4. The van der Waals surface area contributed by atoms with Crippen molar-refractivity contribution in [2.75, 3.05) is 7.11 Å². The van der Waals surface area contributed by atoms with Gasteiger partial charge in [-0.3, -0.25) is 0 Å². The number of aliphatic hydroxyl groups is 2. The van der Waals surface area contributed by atoms with Gasteiger partial charge >= 0.3 is 0 Å². The Kier molecular flexibility index (Phi) is 6.57. The van der Waals surface area contributed by atoms with Crippen LogP contribution in [0.1, 0.15) is 100 Å². The second-order valence-electron chi connectivity index (χ2n) is 14.4. The van der Waals surface area contributed by atoms with E-state index in [1.807, 2.05) is 0 Å². The fourth-order valence-corrected chi connectivity index (χ4v) is 9.52. The van der Waals surface area contributed by atoms with E-state index in [4.69, 9.17) is 4.74 Å². The average molecular weight is 473 g/mol. The zero-order valence-corrected chi connectivity index (χ0v) is 23.4. The lowest BCUT2D eigenvalue weighted by Crippen LogP contribution is -2.62. The van der Waals surface area contributed by atoms with Crippen LogP contribution in [-0.4, -0.2) is 35.1 Å². The molecule has 3 nitrogen and oxygen atoms in total. The van der Waals surface area contributed by atoms with E-state index in [0.717, 1.165) is 19.3 Å². The highest BCUT2D eigenvalue weighted by Crippen LogP contribution is 2.74. The van der Waals surface area contributed by atoms with Crippen molar-refractivity contribution in [1.82, 2.24) is 0 Å². The fourth-order valence-electron chi connectivity index (χ4n) is 9.52. The summed E-state index contributed by atoms with van der Waals surface area (Å²) in [6.45, 7) is 18.6. The highest BCUT2D eigenvalue weighted by molar-refractivity contribution is 5.32. The van der Waals surface area contributed by atoms with E-state index in [9.17, 15) is 10.2 Å². The highest BCUT2D eigenvalue weighted by Gasteiger charge is 2.69. The van der Waals surface area contributed by atoms with E-state index in [0.29, 0.717) is 23.7 Å². The molecule has 4 rings (SSSR count). The highest BCUT2D eigenvalue weighted by atomic mass is 16.5. The van der Waals surface area contributed by atoms with Crippen molar-refractivity contribution in [2.24, 2.45) is 45.3 Å². The lowest BCUT2D eigenvalue weighted by molar-refractivity contribution is -0.177. The molecule has 0 aromatic carbocycles. The summed E-state index contributed by atoms with van der Waals surface area (Å²) in [6, 6.07) is 0. The molecule has 0 aromatic heterocycles. The third-order valence-corrected chi connectivity index (χ3v) is 12.1. The van der Waals surface area contributed by atoms with Gasteiger partial charge < -0.3 is 14.9 Å². The first-order chi connectivity index (χ1) is 15.6. The number of allylic oxidation sites excluding steroid dienone is 1. The van der Waals surface area contributed by atoms with Crippen LogP contribution in [0.15, 0.2) is 23.8 Å². The zero-order chi connectivity index (χ0) is 25.3. The van der Waals surface area contributed by atoms with E-state index in [1.165, 1.54) is 31.3 Å². The fraction of sp³-hybridized carbons (Fsp3) is 0.871. The molecule has 0 spiro atoms. The van der Waals surface area contributed by atoms with Gasteiger partial charge in [0.05, 0.1) is 17.8 Å². The van der Waals surface area contributed by atoms with Crippen LogP contribution in [0, 0.1) is 45.3 Å². The maximum atomic E-state index is 11.8. The Bertz CT molecular complexity index is 840. The molecule has 0 heterocycles. The number of rotatable bonds is 5. The second-order valence-corrected chi connectivity index (χ2v) is 14.4. The lowest BCUT2D eigenvalue weighted by atomic mass is 9.38. The van der Waals surface area contributed by atoms with Crippen LogP contribution in [0.25, 0.3) is 0 Å². The van der Waals surface area contributed by atoms with Crippen LogP contribution in [0.4, 0.5) is 0 Å². The van der Waals surface area contributed by atoms with Gasteiger partial charge in [0.15, 0.2) is 0 Å². The number of aliphatic hydroxyl groups excluding tert-OH is 2. The minimum atomic E-state index is -0.415. The van der Waals surface area contributed by atoms with E-state index >= 15 is 0 Å². The molecule has 9 atom stereocenters. The van der Waals surface area contributed by atoms with Crippen LogP contribution in [0.3, 0.4) is 0 Å². The molecule has 3 heteroatoms. The standard InChI is InChI=1S/C31H52O3/c1-20(11-10-15-27(2,3)34-9)21-14-16-31(8)26-24(32)19-23-22(12-13-25(33)28(23,4)5)29(26,6)17-18-30(21,31)7/h10,15,19-22,24-26,32-33H,11-14,16-18H2,1-9H3/b15-10+/t20-,21-,22-,24+,25+,26-,29+,30-,31+/m1/s1. The van der Waals surface area contributed by atoms with Gasteiger partial charge in [-0.05, 0) is 92.8 Å². The third-order valence-electron chi connectivity index (χ3n) is 12.1. The van der Waals surface area contributed by atoms with Gasteiger partial charge in [-0.15, -0.1) is 0 Å². The maximum Gasteiger partial charge on any atom is 0.0802 e. The van der Waals surface area contributed by atoms with E-state index in [1.54, 1.807) is 7.11 Å². The van der Waals surface area contributed by atoms with Crippen molar-refractivity contribution in [3.05, 3.63) is 23.8 Å². The molecule has 3 fully saturated rings. The largest absolute Gasteiger partial charge is 0.392 e. The van der Waals surface area contributed by atoms with Crippen LogP contribution in [0.5, 0.6) is 0 Å². The van der Waals surface area contributed by atoms with Crippen molar-refractivity contribution >= 4 is 0 Å². The van der Waals surface area contributed by atoms with Crippen LogP contribution in [-0.2, 0) is 4.74 Å². The summed E-state index contributed by atoms with van der Waals surface area (Å²) >= 11 is 0. The molecular weight excluding hydrogens is 420 g/mol. The molecule has 2 N–H and O–H groups in total. The van der Waals surface area contributed by atoms with Crippen molar-refractivity contribution in [2.45, 2.75) is 118 Å². The van der Waals surface area contributed by atoms with Gasteiger partial charge in [-0.25, -0.2) is 0 Å². The molecule has 0 bridgehead atoms. The topological polar surface area (TPSA) is 49.7 Å². The molecule has 34 heavy (non-hydrogen) atoms. The number of hydrogen-bond donors (Lipinski definition) is 2. The van der Waals surface area contributed by atoms with Gasteiger partial charge in [0.25, 0.3) is 0 Å². The first-order valence-electron chi connectivity index (χ1n) is 14.0. The Balaban J connectivity index is 1.64. The molecule has 4 aliphatic rings. The molecule has 0 unspecified atom stereocenters.